The summed E-state index contributed by atoms with van der Waals surface area (Å²) in [5.74, 6) is 0.120. The van der Waals surface area contributed by atoms with Gasteiger partial charge in [0.05, 0.1) is 12.1 Å². The van der Waals surface area contributed by atoms with E-state index < -0.39 is 0 Å². The van der Waals surface area contributed by atoms with E-state index in [1.54, 1.807) is 12.4 Å². The molecule has 2 heterocycles. The number of nitrogens with zero attached hydrogens (tertiary/aromatic N) is 2. The lowest BCUT2D eigenvalue weighted by Crippen LogP contribution is -2.43. The van der Waals surface area contributed by atoms with Crippen LogP contribution >= 0.6 is 0 Å². The quantitative estimate of drug-likeness (QED) is 0.923. The van der Waals surface area contributed by atoms with Crippen LogP contribution in [-0.4, -0.2) is 28.4 Å². The van der Waals surface area contributed by atoms with Crippen molar-refractivity contribution in [2.45, 2.75) is 38.4 Å². The minimum absolute atomic E-state index is 0.0182. The van der Waals surface area contributed by atoms with Crippen LogP contribution in [0, 0.1) is 0 Å². The molecule has 0 spiro atoms. The SMILES string of the molecule is C[C@H](NC(=O)[C@H]1CCCN1Cc1ccccc1)c1cccnc1. The number of aromatic nitrogens is 1. The first kappa shape index (κ1) is 15.7. The van der Waals surface area contributed by atoms with Gasteiger partial charge in [-0.2, -0.15) is 0 Å². The van der Waals surface area contributed by atoms with Crippen molar-refractivity contribution >= 4 is 5.91 Å². The molecule has 2 atom stereocenters. The van der Waals surface area contributed by atoms with Crippen LogP contribution in [0.25, 0.3) is 0 Å². The summed E-state index contributed by atoms with van der Waals surface area (Å²) in [6.07, 6.45) is 5.56. The molecule has 3 rings (SSSR count). The van der Waals surface area contributed by atoms with E-state index in [9.17, 15) is 4.79 Å². The fourth-order valence-electron chi connectivity index (χ4n) is 3.16. The Hall–Kier alpha value is -2.20. The lowest BCUT2D eigenvalue weighted by molar-refractivity contribution is -0.126. The van der Waals surface area contributed by atoms with Gasteiger partial charge in [-0.1, -0.05) is 36.4 Å². The third-order valence-corrected chi connectivity index (χ3v) is 4.44. The van der Waals surface area contributed by atoms with Crippen LogP contribution in [0.15, 0.2) is 54.9 Å². The first-order valence-corrected chi connectivity index (χ1v) is 8.22. The summed E-state index contributed by atoms with van der Waals surface area (Å²) >= 11 is 0. The van der Waals surface area contributed by atoms with E-state index in [4.69, 9.17) is 0 Å². The predicted octanol–water partition coefficient (Wildman–Crippen LogP) is 2.92. The van der Waals surface area contributed by atoms with Crippen LogP contribution in [-0.2, 0) is 11.3 Å². The summed E-state index contributed by atoms with van der Waals surface area (Å²) in [5.41, 5.74) is 2.29. The fraction of sp³-hybridized carbons (Fsp3) is 0.368. The molecular weight excluding hydrogens is 286 g/mol. The highest BCUT2D eigenvalue weighted by atomic mass is 16.2. The van der Waals surface area contributed by atoms with Gasteiger partial charge in [-0.25, -0.2) is 0 Å². The topological polar surface area (TPSA) is 45.2 Å². The molecule has 0 aliphatic carbocycles. The van der Waals surface area contributed by atoms with E-state index in [1.807, 2.05) is 37.3 Å². The molecular formula is C19H23N3O. The molecule has 23 heavy (non-hydrogen) atoms. The van der Waals surface area contributed by atoms with Crippen molar-refractivity contribution in [1.29, 1.82) is 0 Å². The molecule has 1 aromatic carbocycles. The molecule has 0 radical (unpaired) electrons. The normalized spacial score (nSPS) is 19.4. The maximum absolute atomic E-state index is 12.7. The van der Waals surface area contributed by atoms with Crippen LogP contribution in [0.3, 0.4) is 0 Å². The maximum atomic E-state index is 12.7. The molecule has 0 bridgehead atoms. The Balaban J connectivity index is 1.62. The van der Waals surface area contributed by atoms with Crippen LogP contribution in [0.1, 0.15) is 36.9 Å². The number of pyridine rings is 1. The summed E-state index contributed by atoms with van der Waals surface area (Å²) in [6.45, 7) is 3.82. The average molecular weight is 309 g/mol. The Kier molecular flexibility index (Phi) is 5.03. The fourth-order valence-corrected chi connectivity index (χ4v) is 3.16. The Morgan fingerprint density at radius 3 is 2.87 bits per heavy atom. The number of carbonyl (C=O) groups excluding carboxylic acids is 1. The molecule has 4 nitrogen and oxygen atoms in total. The van der Waals surface area contributed by atoms with Gasteiger partial charge >= 0.3 is 0 Å². The summed E-state index contributed by atoms with van der Waals surface area (Å²) in [7, 11) is 0. The first-order chi connectivity index (χ1) is 11.2. The third kappa shape index (κ3) is 3.96. The van der Waals surface area contributed by atoms with E-state index in [0.717, 1.165) is 31.5 Å². The summed E-state index contributed by atoms with van der Waals surface area (Å²) in [4.78, 5) is 19.1. The molecule has 1 fully saturated rings. The molecule has 4 heteroatoms. The standard InChI is InChI=1S/C19H23N3O/c1-15(17-9-5-11-20-13-17)21-19(23)18-10-6-12-22(18)14-16-7-3-2-4-8-16/h2-5,7-9,11,13,15,18H,6,10,12,14H2,1H3,(H,21,23)/t15-,18+/m0/s1. The molecule has 1 aliphatic rings. The van der Waals surface area contributed by atoms with Crippen molar-refractivity contribution in [3.05, 3.63) is 66.0 Å². The summed E-state index contributed by atoms with van der Waals surface area (Å²) in [6, 6.07) is 14.2. The summed E-state index contributed by atoms with van der Waals surface area (Å²) < 4.78 is 0. The van der Waals surface area contributed by atoms with Gasteiger partial charge in [0.25, 0.3) is 0 Å². The smallest absolute Gasteiger partial charge is 0.237 e. The average Bonchev–Trinajstić information content (AvgIpc) is 3.05. The maximum Gasteiger partial charge on any atom is 0.237 e. The van der Waals surface area contributed by atoms with Crippen LogP contribution < -0.4 is 5.32 Å². The number of nitrogens with one attached hydrogen (secondary N) is 1. The van der Waals surface area contributed by atoms with Gasteiger partial charge < -0.3 is 5.32 Å². The molecule has 1 saturated heterocycles. The molecule has 2 aromatic rings. The van der Waals surface area contributed by atoms with Crippen LogP contribution in [0.4, 0.5) is 0 Å². The zero-order valence-corrected chi connectivity index (χ0v) is 13.5. The molecule has 0 unspecified atom stereocenters. The van der Waals surface area contributed by atoms with Gasteiger partial charge in [-0.05, 0) is 43.5 Å². The Labute approximate surface area is 137 Å². The highest BCUT2D eigenvalue weighted by Gasteiger charge is 2.31. The molecule has 120 valence electrons. The van der Waals surface area contributed by atoms with E-state index >= 15 is 0 Å². The van der Waals surface area contributed by atoms with E-state index in [1.165, 1.54) is 5.56 Å². The molecule has 1 amide bonds. The zero-order valence-electron chi connectivity index (χ0n) is 13.5. The predicted molar refractivity (Wildman–Crippen MR) is 90.7 cm³/mol. The number of hydrogen-bond donors (Lipinski definition) is 1. The first-order valence-electron chi connectivity index (χ1n) is 8.22. The number of likely N-dealkylation sites (tertiary alicyclic amines) is 1. The second-order valence-corrected chi connectivity index (χ2v) is 6.13. The third-order valence-electron chi connectivity index (χ3n) is 4.44. The number of rotatable bonds is 5. The van der Waals surface area contributed by atoms with E-state index in [2.05, 4.69) is 27.3 Å². The Morgan fingerprint density at radius 1 is 1.30 bits per heavy atom. The molecule has 0 saturated carbocycles. The van der Waals surface area contributed by atoms with Crippen molar-refractivity contribution in [2.24, 2.45) is 0 Å². The van der Waals surface area contributed by atoms with Crippen molar-refractivity contribution in [3.8, 4) is 0 Å². The highest BCUT2D eigenvalue weighted by Crippen LogP contribution is 2.21. The van der Waals surface area contributed by atoms with Crippen molar-refractivity contribution in [1.82, 2.24) is 15.2 Å². The number of carbonyl (C=O) groups is 1. The van der Waals surface area contributed by atoms with E-state index in [0.29, 0.717) is 0 Å². The van der Waals surface area contributed by atoms with Gasteiger partial charge in [0.1, 0.15) is 0 Å². The van der Waals surface area contributed by atoms with Crippen LogP contribution in [0.2, 0.25) is 0 Å². The van der Waals surface area contributed by atoms with Crippen molar-refractivity contribution in [3.63, 3.8) is 0 Å². The van der Waals surface area contributed by atoms with Gasteiger partial charge in [-0.3, -0.25) is 14.7 Å². The number of benzene rings is 1. The Morgan fingerprint density at radius 2 is 2.13 bits per heavy atom. The molecule has 1 aliphatic heterocycles. The number of hydrogen-bond acceptors (Lipinski definition) is 3. The van der Waals surface area contributed by atoms with E-state index in [-0.39, 0.29) is 18.0 Å². The van der Waals surface area contributed by atoms with Gasteiger partial charge in [0, 0.05) is 18.9 Å². The second-order valence-electron chi connectivity index (χ2n) is 6.13. The van der Waals surface area contributed by atoms with Crippen molar-refractivity contribution < 1.29 is 4.79 Å². The van der Waals surface area contributed by atoms with Crippen LogP contribution in [0.5, 0.6) is 0 Å². The van der Waals surface area contributed by atoms with Gasteiger partial charge in [0.2, 0.25) is 5.91 Å². The highest BCUT2D eigenvalue weighted by molar-refractivity contribution is 5.82. The number of amides is 1. The van der Waals surface area contributed by atoms with Gasteiger partial charge in [0.15, 0.2) is 0 Å². The lowest BCUT2D eigenvalue weighted by atomic mass is 10.1. The molecule has 1 aromatic heterocycles. The lowest BCUT2D eigenvalue weighted by Gasteiger charge is -2.25. The van der Waals surface area contributed by atoms with Crippen molar-refractivity contribution in [2.75, 3.05) is 6.54 Å². The summed E-state index contributed by atoms with van der Waals surface area (Å²) in [5, 5.41) is 3.13. The minimum Gasteiger partial charge on any atom is -0.348 e. The second kappa shape index (κ2) is 7.38. The van der Waals surface area contributed by atoms with Gasteiger partial charge in [-0.15, -0.1) is 0 Å². The minimum atomic E-state index is -0.0330. The Bertz CT molecular complexity index is 630. The molecule has 1 N–H and O–H groups in total. The largest absolute Gasteiger partial charge is 0.348 e. The zero-order chi connectivity index (χ0) is 16.1. The monoisotopic (exact) mass is 309 g/mol.